The summed E-state index contributed by atoms with van der Waals surface area (Å²) < 4.78 is 47.2. The van der Waals surface area contributed by atoms with Gasteiger partial charge >= 0.3 is 0 Å². The highest BCUT2D eigenvalue weighted by atomic mass is 32.2. The van der Waals surface area contributed by atoms with Gasteiger partial charge in [0.05, 0.1) is 7.11 Å². The van der Waals surface area contributed by atoms with Crippen molar-refractivity contribution in [2.75, 3.05) is 20.2 Å². The number of ether oxygens (including phenoxy) is 1. The summed E-state index contributed by atoms with van der Waals surface area (Å²) in [6.07, 6.45) is 0.974. The van der Waals surface area contributed by atoms with Crippen molar-refractivity contribution in [2.45, 2.75) is 31.7 Å². The lowest BCUT2D eigenvalue weighted by Crippen LogP contribution is -2.42. The lowest BCUT2D eigenvalue weighted by atomic mass is 9.94. The Labute approximate surface area is 177 Å². The maximum atomic E-state index is 13.8. The fraction of sp³-hybridized carbons (Fsp3) is 0.409. The fourth-order valence-electron chi connectivity index (χ4n) is 3.88. The molecule has 0 aromatic heterocycles. The van der Waals surface area contributed by atoms with Crippen LogP contribution >= 0.6 is 0 Å². The standard InChI is InChI=1S/C22H27FN2O4S/c1-15-10-16(2)14-25(13-15)30(27,28)21-11-17(8-9-20(21)29-3)22(26)24-12-18-6-4-5-7-19(18)23/h4-9,11,15-16H,10,12-14H2,1-3H3,(H,24,26). The van der Waals surface area contributed by atoms with Crippen molar-refractivity contribution in [3.63, 3.8) is 0 Å². The predicted molar refractivity (Wildman–Crippen MR) is 112 cm³/mol. The topological polar surface area (TPSA) is 75.7 Å². The molecule has 0 radical (unpaired) electrons. The number of methoxy groups -OCH3 is 1. The van der Waals surface area contributed by atoms with E-state index >= 15 is 0 Å². The summed E-state index contributed by atoms with van der Waals surface area (Å²) in [5.41, 5.74) is 0.521. The molecule has 1 aliphatic heterocycles. The second-order valence-corrected chi connectivity index (χ2v) is 9.81. The Morgan fingerprint density at radius 3 is 2.47 bits per heavy atom. The van der Waals surface area contributed by atoms with Crippen LogP contribution in [0, 0.1) is 17.7 Å². The van der Waals surface area contributed by atoms with Crippen molar-refractivity contribution in [2.24, 2.45) is 11.8 Å². The molecule has 1 aliphatic rings. The zero-order valence-electron chi connectivity index (χ0n) is 17.4. The zero-order valence-corrected chi connectivity index (χ0v) is 18.2. The van der Waals surface area contributed by atoms with Gasteiger partial charge in [0.2, 0.25) is 10.0 Å². The van der Waals surface area contributed by atoms with E-state index in [2.05, 4.69) is 5.32 Å². The van der Waals surface area contributed by atoms with E-state index in [1.54, 1.807) is 18.2 Å². The van der Waals surface area contributed by atoms with Gasteiger partial charge in [-0.2, -0.15) is 4.31 Å². The van der Waals surface area contributed by atoms with Crippen molar-refractivity contribution in [3.05, 3.63) is 59.4 Å². The number of rotatable bonds is 6. The molecule has 2 atom stereocenters. The van der Waals surface area contributed by atoms with Crippen LogP contribution in [0.1, 0.15) is 36.2 Å². The highest BCUT2D eigenvalue weighted by Gasteiger charge is 2.34. The molecule has 0 saturated carbocycles. The summed E-state index contributed by atoms with van der Waals surface area (Å²) >= 11 is 0. The average Bonchev–Trinajstić information content (AvgIpc) is 2.71. The molecule has 30 heavy (non-hydrogen) atoms. The molecule has 6 nitrogen and oxygen atoms in total. The van der Waals surface area contributed by atoms with Crippen LogP contribution in [0.5, 0.6) is 5.75 Å². The number of sulfonamides is 1. The minimum absolute atomic E-state index is 0.000767. The van der Waals surface area contributed by atoms with Crippen molar-refractivity contribution < 1.29 is 22.3 Å². The quantitative estimate of drug-likeness (QED) is 0.756. The number of benzene rings is 2. The van der Waals surface area contributed by atoms with E-state index in [1.165, 1.54) is 35.7 Å². The van der Waals surface area contributed by atoms with Crippen molar-refractivity contribution in [1.29, 1.82) is 0 Å². The van der Waals surface area contributed by atoms with Crippen LogP contribution in [-0.2, 0) is 16.6 Å². The molecule has 2 unspecified atom stereocenters. The molecular weight excluding hydrogens is 407 g/mol. The Bertz CT molecular complexity index is 1020. The average molecular weight is 435 g/mol. The van der Waals surface area contributed by atoms with E-state index in [9.17, 15) is 17.6 Å². The largest absolute Gasteiger partial charge is 0.495 e. The molecule has 3 rings (SSSR count). The van der Waals surface area contributed by atoms with E-state index < -0.39 is 21.7 Å². The molecule has 2 aromatic rings. The lowest BCUT2D eigenvalue weighted by Gasteiger charge is -2.34. The van der Waals surface area contributed by atoms with Gasteiger partial charge in [0.25, 0.3) is 5.91 Å². The number of carbonyl (C=O) groups is 1. The Hall–Kier alpha value is -2.45. The molecule has 0 spiro atoms. The van der Waals surface area contributed by atoms with Gasteiger partial charge in [-0.05, 0) is 42.5 Å². The summed E-state index contributed by atoms with van der Waals surface area (Å²) in [4.78, 5) is 12.6. The number of amides is 1. The third kappa shape index (κ3) is 4.82. The van der Waals surface area contributed by atoms with Gasteiger partial charge in [0.1, 0.15) is 16.5 Å². The fourth-order valence-corrected chi connectivity index (χ4v) is 5.74. The molecule has 1 N–H and O–H groups in total. The smallest absolute Gasteiger partial charge is 0.251 e. The first-order valence-corrected chi connectivity index (χ1v) is 11.4. The highest BCUT2D eigenvalue weighted by Crippen LogP contribution is 2.32. The Kier molecular flexibility index (Phi) is 6.77. The molecule has 1 fully saturated rings. The van der Waals surface area contributed by atoms with Crippen LogP contribution in [0.4, 0.5) is 4.39 Å². The number of carbonyl (C=O) groups excluding carboxylic acids is 1. The number of halogens is 1. The minimum Gasteiger partial charge on any atom is -0.495 e. The van der Waals surface area contributed by atoms with Crippen molar-refractivity contribution in [3.8, 4) is 5.75 Å². The first kappa shape index (κ1) is 22.2. The molecule has 1 heterocycles. The number of nitrogens with one attached hydrogen (secondary N) is 1. The normalized spacial score (nSPS) is 20.0. The second kappa shape index (κ2) is 9.14. The first-order valence-electron chi connectivity index (χ1n) is 9.92. The number of piperidine rings is 1. The van der Waals surface area contributed by atoms with E-state index in [-0.39, 0.29) is 34.6 Å². The maximum absolute atomic E-state index is 13.8. The highest BCUT2D eigenvalue weighted by molar-refractivity contribution is 7.89. The maximum Gasteiger partial charge on any atom is 0.251 e. The van der Waals surface area contributed by atoms with E-state index in [0.717, 1.165) is 6.42 Å². The Morgan fingerprint density at radius 1 is 1.17 bits per heavy atom. The molecule has 1 saturated heterocycles. The molecule has 1 amide bonds. The second-order valence-electron chi connectivity index (χ2n) is 7.91. The Morgan fingerprint density at radius 2 is 1.83 bits per heavy atom. The van der Waals surface area contributed by atoms with Crippen LogP contribution < -0.4 is 10.1 Å². The van der Waals surface area contributed by atoms with Crippen LogP contribution in [0.15, 0.2) is 47.4 Å². The summed E-state index contributed by atoms with van der Waals surface area (Å²) in [7, 11) is -2.44. The van der Waals surface area contributed by atoms with Gasteiger partial charge < -0.3 is 10.1 Å². The van der Waals surface area contributed by atoms with Crippen LogP contribution in [0.25, 0.3) is 0 Å². The Balaban J connectivity index is 1.86. The third-order valence-electron chi connectivity index (χ3n) is 5.28. The predicted octanol–water partition coefficient (Wildman–Crippen LogP) is 3.43. The van der Waals surface area contributed by atoms with Crippen LogP contribution in [-0.4, -0.2) is 38.8 Å². The summed E-state index contributed by atoms with van der Waals surface area (Å²) in [5.74, 6) is -0.211. The molecule has 0 bridgehead atoms. The number of hydrogen-bond donors (Lipinski definition) is 1. The van der Waals surface area contributed by atoms with Gasteiger partial charge in [-0.15, -0.1) is 0 Å². The summed E-state index contributed by atoms with van der Waals surface area (Å²) in [6, 6.07) is 10.5. The van der Waals surface area contributed by atoms with Crippen molar-refractivity contribution >= 4 is 15.9 Å². The molecule has 8 heteroatoms. The van der Waals surface area contributed by atoms with Gasteiger partial charge in [-0.25, -0.2) is 12.8 Å². The third-order valence-corrected chi connectivity index (χ3v) is 7.13. The minimum atomic E-state index is -3.83. The first-order chi connectivity index (χ1) is 14.2. The van der Waals surface area contributed by atoms with E-state index in [1.807, 2.05) is 13.8 Å². The molecule has 0 aliphatic carbocycles. The number of hydrogen-bond acceptors (Lipinski definition) is 4. The summed E-state index contributed by atoms with van der Waals surface area (Å²) in [6.45, 7) is 4.92. The molecule has 2 aromatic carbocycles. The molecular formula is C22H27FN2O4S. The van der Waals surface area contributed by atoms with E-state index in [4.69, 9.17) is 4.74 Å². The van der Waals surface area contributed by atoms with Gasteiger partial charge in [-0.3, -0.25) is 4.79 Å². The van der Waals surface area contributed by atoms with Crippen LogP contribution in [0.3, 0.4) is 0 Å². The summed E-state index contributed by atoms with van der Waals surface area (Å²) in [5, 5.41) is 2.64. The molecule has 162 valence electrons. The lowest BCUT2D eigenvalue weighted by molar-refractivity contribution is 0.0950. The monoisotopic (exact) mass is 434 g/mol. The van der Waals surface area contributed by atoms with Gasteiger partial charge in [-0.1, -0.05) is 32.0 Å². The van der Waals surface area contributed by atoms with Gasteiger partial charge in [0, 0.05) is 30.8 Å². The SMILES string of the molecule is COc1ccc(C(=O)NCc2ccccc2F)cc1S(=O)(=O)N1CC(C)CC(C)C1. The van der Waals surface area contributed by atoms with Crippen molar-refractivity contribution in [1.82, 2.24) is 9.62 Å². The van der Waals surface area contributed by atoms with Gasteiger partial charge in [0.15, 0.2) is 0 Å². The van der Waals surface area contributed by atoms with E-state index in [0.29, 0.717) is 18.7 Å². The van der Waals surface area contributed by atoms with Crippen LogP contribution in [0.2, 0.25) is 0 Å². The number of nitrogens with zero attached hydrogens (tertiary/aromatic N) is 1. The zero-order chi connectivity index (χ0) is 21.9.